The Morgan fingerprint density at radius 1 is 1.00 bits per heavy atom. The lowest BCUT2D eigenvalue weighted by molar-refractivity contribution is -0.402. The van der Waals surface area contributed by atoms with Gasteiger partial charge in [-0.25, -0.2) is 9.97 Å². The highest BCUT2D eigenvalue weighted by atomic mass is 16.6. The van der Waals surface area contributed by atoms with Crippen molar-refractivity contribution < 1.29 is 14.4 Å². The van der Waals surface area contributed by atoms with Crippen LogP contribution in [0.4, 0.5) is 17.4 Å². The first-order valence-corrected chi connectivity index (χ1v) is 8.34. The highest BCUT2D eigenvalue weighted by molar-refractivity contribution is 5.92. The number of benzene rings is 2. The summed E-state index contributed by atoms with van der Waals surface area (Å²) in [5, 5.41) is 24.7. The Bertz CT molecular complexity index is 1200. The van der Waals surface area contributed by atoms with Gasteiger partial charge in [-0.05, 0) is 42.5 Å². The fourth-order valence-corrected chi connectivity index (χ4v) is 2.66. The molecule has 0 fully saturated rings. The van der Waals surface area contributed by atoms with Crippen LogP contribution in [-0.2, 0) is 0 Å². The van der Waals surface area contributed by atoms with Crippen molar-refractivity contribution in [1.29, 1.82) is 0 Å². The summed E-state index contributed by atoms with van der Waals surface area (Å²) in [6, 6.07) is 17.1. The molecule has 4 rings (SSSR count). The minimum atomic E-state index is -0.599. The number of fused-ring (bicyclic) bond motifs is 1. The molecule has 0 aliphatic carbocycles. The molecule has 4 aromatic rings. The van der Waals surface area contributed by atoms with E-state index in [4.69, 9.17) is 4.42 Å². The summed E-state index contributed by atoms with van der Waals surface area (Å²) in [5.41, 5.74) is 1.23. The minimum absolute atomic E-state index is 0.102. The molecule has 2 heterocycles. The Balaban J connectivity index is 1.72. The first kappa shape index (κ1) is 17.2. The lowest BCUT2D eigenvalue weighted by Crippen LogP contribution is -1.99. The largest absolute Gasteiger partial charge is 0.506 e. The summed E-state index contributed by atoms with van der Waals surface area (Å²) in [4.78, 5) is 19.1. The second kappa shape index (κ2) is 7.20. The number of anilines is 2. The monoisotopic (exact) mass is 374 g/mol. The molecule has 8 heteroatoms. The molecule has 0 aliphatic heterocycles. The number of hydrogen-bond donors (Lipinski definition) is 2. The number of furan rings is 1. The van der Waals surface area contributed by atoms with Crippen molar-refractivity contribution in [2.45, 2.75) is 0 Å². The number of aromatic hydroxyl groups is 1. The predicted molar refractivity (Wildman–Crippen MR) is 105 cm³/mol. The van der Waals surface area contributed by atoms with Crippen LogP contribution in [0.1, 0.15) is 11.6 Å². The lowest BCUT2D eigenvalue weighted by Gasteiger charge is -2.10. The van der Waals surface area contributed by atoms with Gasteiger partial charge >= 0.3 is 5.88 Å². The smallest absolute Gasteiger partial charge is 0.433 e. The fourth-order valence-electron chi connectivity index (χ4n) is 2.66. The maximum atomic E-state index is 10.7. The van der Waals surface area contributed by atoms with E-state index in [0.29, 0.717) is 28.6 Å². The SMILES string of the molecule is O=[N+]([O-])c1ccc(/C=C/c2nc(Nc3ccccc3O)c3ccccc3n2)o1. The molecule has 0 atom stereocenters. The van der Waals surface area contributed by atoms with Crippen LogP contribution in [0.2, 0.25) is 0 Å². The van der Waals surface area contributed by atoms with Gasteiger partial charge in [-0.3, -0.25) is 10.1 Å². The van der Waals surface area contributed by atoms with Gasteiger partial charge in [-0.2, -0.15) is 0 Å². The number of nitrogens with one attached hydrogen (secondary N) is 1. The van der Waals surface area contributed by atoms with Crippen molar-refractivity contribution in [3.8, 4) is 5.75 Å². The molecule has 0 spiro atoms. The topological polar surface area (TPSA) is 114 Å². The quantitative estimate of drug-likeness (QED) is 0.294. The van der Waals surface area contributed by atoms with Crippen LogP contribution in [0.5, 0.6) is 5.75 Å². The summed E-state index contributed by atoms with van der Waals surface area (Å²) in [7, 11) is 0. The molecular formula is C20H14N4O4. The van der Waals surface area contributed by atoms with Gasteiger partial charge < -0.3 is 14.8 Å². The van der Waals surface area contributed by atoms with E-state index in [2.05, 4.69) is 15.3 Å². The maximum Gasteiger partial charge on any atom is 0.433 e. The molecule has 0 saturated heterocycles. The van der Waals surface area contributed by atoms with Crippen LogP contribution in [-0.4, -0.2) is 20.0 Å². The third-order valence-electron chi connectivity index (χ3n) is 3.97. The van der Waals surface area contributed by atoms with Crippen LogP contribution in [0.3, 0.4) is 0 Å². The minimum Gasteiger partial charge on any atom is -0.506 e. The number of phenolic OH excluding ortho intramolecular Hbond substituents is 1. The third kappa shape index (κ3) is 3.51. The van der Waals surface area contributed by atoms with Gasteiger partial charge in [0.25, 0.3) is 0 Å². The van der Waals surface area contributed by atoms with Crippen LogP contribution in [0.25, 0.3) is 23.1 Å². The summed E-state index contributed by atoms with van der Waals surface area (Å²) in [6.45, 7) is 0. The van der Waals surface area contributed by atoms with Crippen LogP contribution >= 0.6 is 0 Å². The van der Waals surface area contributed by atoms with Crippen molar-refractivity contribution in [1.82, 2.24) is 9.97 Å². The van der Waals surface area contributed by atoms with Crippen molar-refractivity contribution >= 4 is 40.4 Å². The summed E-state index contributed by atoms with van der Waals surface area (Å²) in [6.07, 6.45) is 3.16. The zero-order chi connectivity index (χ0) is 19.5. The van der Waals surface area contributed by atoms with E-state index in [0.717, 1.165) is 5.39 Å². The normalized spacial score (nSPS) is 11.1. The number of rotatable bonds is 5. The van der Waals surface area contributed by atoms with Crippen molar-refractivity contribution in [2.24, 2.45) is 0 Å². The molecule has 8 nitrogen and oxygen atoms in total. The molecule has 2 aromatic heterocycles. The van der Waals surface area contributed by atoms with Crippen molar-refractivity contribution in [3.63, 3.8) is 0 Å². The van der Waals surface area contributed by atoms with E-state index in [1.54, 1.807) is 36.4 Å². The molecule has 28 heavy (non-hydrogen) atoms. The van der Waals surface area contributed by atoms with E-state index < -0.39 is 4.92 Å². The molecule has 0 aliphatic rings. The molecule has 2 aromatic carbocycles. The Morgan fingerprint density at radius 2 is 1.79 bits per heavy atom. The summed E-state index contributed by atoms with van der Waals surface area (Å²) < 4.78 is 5.11. The van der Waals surface area contributed by atoms with E-state index >= 15 is 0 Å². The van der Waals surface area contributed by atoms with Gasteiger partial charge in [0.2, 0.25) is 0 Å². The van der Waals surface area contributed by atoms with Gasteiger partial charge in [-0.15, -0.1) is 0 Å². The van der Waals surface area contributed by atoms with Crippen molar-refractivity contribution in [3.05, 3.63) is 82.4 Å². The van der Waals surface area contributed by atoms with E-state index in [1.807, 2.05) is 24.3 Å². The molecule has 0 radical (unpaired) electrons. The number of phenols is 1. The highest BCUT2D eigenvalue weighted by Gasteiger charge is 2.11. The standard InChI is InChI=1S/C20H14N4O4/c25-17-8-4-3-7-16(17)22-20-14-5-1-2-6-15(14)21-18(23-20)11-9-13-10-12-19(28-13)24(26)27/h1-12,25H,(H,21,22,23)/b11-9+. The lowest BCUT2D eigenvalue weighted by atomic mass is 10.2. The van der Waals surface area contributed by atoms with Gasteiger partial charge in [0.1, 0.15) is 22.3 Å². The van der Waals surface area contributed by atoms with Gasteiger partial charge in [0.05, 0.1) is 17.3 Å². The number of para-hydroxylation sites is 3. The first-order valence-electron chi connectivity index (χ1n) is 8.34. The number of nitrogens with zero attached hydrogens (tertiary/aromatic N) is 3. The van der Waals surface area contributed by atoms with Crippen LogP contribution in [0.15, 0.2) is 65.1 Å². The fraction of sp³-hybridized carbons (Fsp3) is 0. The van der Waals surface area contributed by atoms with Gasteiger partial charge in [0.15, 0.2) is 5.82 Å². The molecule has 0 amide bonds. The number of aromatic nitrogens is 2. The van der Waals surface area contributed by atoms with E-state index in [-0.39, 0.29) is 11.6 Å². The average molecular weight is 374 g/mol. The second-order valence-corrected chi connectivity index (χ2v) is 5.86. The predicted octanol–water partition coefficient (Wildman–Crippen LogP) is 4.75. The van der Waals surface area contributed by atoms with E-state index in [9.17, 15) is 15.2 Å². The van der Waals surface area contributed by atoms with Crippen molar-refractivity contribution in [2.75, 3.05) is 5.32 Å². The maximum absolute atomic E-state index is 10.7. The molecule has 0 saturated carbocycles. The average Bonchev–Trinajstić information content (AvgIpc) is 3.18. The van der Waals surface area contributed by atoms with E-state index in [1.165, 1.54) is 12.1 Å². The number of nitro groups is 1. The summed E-state index contributed by atoms with van der Waals surface area (Å²) in [5.74, 6) is 0.998. The Labute approximate surface area is 158 Å². The van der Waals surface area contributed by atoms with Gasteiger partial charge in [0, 0.05) is 5.39 Å². The number of hydrogen-bond acceptors (Lipinski definition) is 7. The molecular weight excluding hydrogens is 360 g/mol. The second-order valence-electron chi connectivity index (χ2n) is 5.86. The third-order valence-corrected chi connectivity index (χ3v) is 3.97. The Kier molecular flexibility index (Phi) is 4.43. The first-order chi connectivity index (χ1) is 13.6. The zero-order valence-corrected chi connectivity index (χ0v) is 14.4. The van der Waals surface area contributed by atoms with Gasteiger partial charge in [-0.1, -0.05) is 24.3 Å². The zero-order valence-electron chi connectivity index (χ0n) is 14.4. The molecule has 2 N–H and O–H groups in total. The highest BCUT2D eigenvalue weighted by Crippen LogP contribution is 2.29. The van der Waals surface area contributed by atoms with Crippen LogP contribution in [0, 0.1) is 10.1 Å². The molecule has 138 valence electrons. The van der Waals surface area contributed by atoms with Crippen LogP contribution < -0.4 is 5.32 Å². The molecule has 0 bridgehead atoms. The Morgan fingerprint density at radius 3 is 2.57 bits per heavy atom. The molecule has 0 unspecified atom stereocenters. The summed E-state index contributed by atoms with van der Waals surface area (Å²) >= 11 is 0. The Hall–Kier alpha value is -4.20.